The molecule has 0 radical (unpaired) electrons. The van der Waals surface area contributed by atoms with Crippen molar-refractivity contribution >= 4 is 29.0 Å². The number of hydrogen-bond donors (Lipinski definition) is 1. The molecule has 0 fully saturated rings. The minimum Gasteiger partial charge on any atom is -0.465 e. The van der Waals surface area contributed by atoms with Crippen LogP contribution in [-0.2, 0) is 4.74 Å². The van der Waals surface area contributed by atoms with Crippen LogP contribution in [0.25, 0.3) is 5.52 Å². The number of rotatable bonds is 6. The molecule has 0 atom stereocenters. The summed E-state index contributed by atoms with van der Waals surface area (Å²) in [6, 6.07) is 11.7. The van der Waals surface area contributed by atoms with Gasteiger partial charge in [0, 0.05) is 25.0 Å². The Hall–Kier alpha value is -3.68. The van der Waals surface area contributed by atoms with Crippen molar-refractivity contribution in [1.29, 1.82) is 0 Å². The quantitative estimate of drug-likeness (QED) is 0.649. The third-order valence-corrected chi connectivity index (χ3v) is 4.55. The monoisotopic (exact) mass is 394 g/mol. The highest BCUT2D eigenvalue weighted by atomic mass is 16.5. The van der Waals surface area contributed by atoms with Crippen LogP contribution >= 0.6 is 0 Å². The minimum atomic E-state index is -0.499. The van der Waals surface area contributed by atoms with E-state index in [1.165, 1.54) is 13.2 Å². The van der Waals surface area contributed by atoms with Crippen molar-refractivity contribution in [2.75, 3.05) is 25.5 Å². The maximum atomic E-state index is 12.9. The lowest BCUT2D eigenvalue weighted by Crippen LogP contribution is -2.32. The number of nitrogens with zero attached hydrogens (tertiary/aromatic N) is 3. The van der Waals surface area contributed by atoms with Crippen molar-refractivity contribution in [3.63, 3.8) is 0 Å². The predicted octanol–water partition coefficient (Wildman–Crippen LogP) is 2.86. The van der Waals surface area contributed by atoms with Gasteiger partial charge in [-0.15, -0.1) is 0 Å². The van der Waals surface area contributed by atoms with Crippen LogP contribution < -0.4 is 5.32 Å². The highest BCUT2D eigenvalue weighted by Gasteiger charge is 2.24. The van der Waals surface area contributed by atoms with E-state index < -0.39 is 11.9 Å². The summed E-state index contributed by atoms with van der Waals surface area (Å²) in [4.78, 5) is 43.4. The second kappa shape index (κ2) is 8.55. The molecule has 2 heterocycles. The second-order valence-electron chi connectivity index (χ2n) is 6.24. The van der Waals surface area contributed by atoms with Crippen molar-refractivity contribution in [1.82, 2.24) is 14.3 Å². The summed E-state index contributed by atoms with van der Waals surface area (Å²) in [6.07, 6.45) is 1.70. The number of esters is 1. The molecule has 0 bridgehead atoms. The first-order valence-corrected chi connectivity index (χ1v) is 9.26. The number of aromatic nitrogens is 2. The number of carbonyl (C=O) groups is 3. The van der Waals surface area contributed by atoms with Crippen LogP contribution in [0.3, 0.4) is 0 Å². The summed E-state index contributed by atoms with van der Waals surface area (Å²) >= 11 is 0. The molecule has 0 saturated carbocycles. The number of carbonyl (C=O) groups excluding carboxylic acids is 3. The van der Waals surface area contributed by atoms with Gasteiger partial charge in [0.1, 0.15) is 0 Å². The van der Waals surface area contributed by atoms with Crippen molar-refractivity contribution in [2.45, 2.75) is 13.8 Å². The van der Waals surface area contributed by atoms with Gasteiger partial charge < -0.3 is 15.0 Å². The molecule has 150 valence electrons. The maximum absolute atomic E-state index is 12.9. The highest BCUT2D eigenvalue weighted by Crippen LogP contribution is 2.18. The van der Waals surface area contributed by atoms with Crippen LogP contribution in [0.15, 0.2) is 48.7 Å². The van der Waals surface area contributed by atoms with Gasteiger partial charge in [-0.2, -0.15) is 0 Å². The average Bonchev–Trinajstić information content (AvgIpc) is 3.14. The van der Waals surface area contributed by atoms with E-state index in [9.17, 15) is 14.4 Å². The van der Waals surface area contributed by atoms with E-state index in [0.29, 0.717) is 29.9 Å². The minimum absolute atomic E-state index is 0.129. The molecular formula is C21H22N4O4. The molecule has 8 heteroatoms. The van der Waals surface area contributed by atoms with Crippen molar-refractivity contribution in [3.05, 3.63) is 65.7 Å². The molecule has 0 aliphatic carbocycles. The number of pyridine rings is 1. The highest BCUT2D eigenvalue weighted by molar-refractivity contribution is 6.09. The summed E-state index contributed by atoms with van der Waals surface area (Å²) in [5.41, 5.74) is 1.39. The van der Waals surface area contributed by atoms with Crippen molar-refractivity contribution in [3.8, 4) is 0 Å². The first-order valence-electron chi connectivity index (χ1n) is 9.26. The number of hydrogen-bond acceptors (Lipinski definition) is 5. The summed E-state index contributed by atoms with van der Waals surface area (Å²) in [5, 5.41) is 2.73. The zero-order chi connectivity index (χ0) is 21.0. The van der Waals surface area contributed by atoms with E-state index in [0.717, 1.165) is 0 Å². The number of anilines is 1. The smallest absolute Gasteiger partial charge is 0.337 e. The van der Waals surface area contributed by atoms with Crippen LogP contribution in [0, 0.1) is 0 Å². The van der Waals surface area contributed by atoms with E-state index in [1.807, 2.05) is 13.8 Å². The number of fused-ring (bicyclic) bond motifs is 1. The lowest BCUT2D eigenvalue weighted by Gasteiger charge is -2.17. The number of amides is 2. The molecule has 2 amide bonds. The Morgan fingerprint density at radius 3 is 2.55 bits per heavy atom. The second-order valence-corrected chi connectivity index (χ2v) is 6.24. The van der Waals surface area contributed by atoms with Crippen LogP contribution in [0.4, 0.5) is 5.69 Å². The van der Waals surface area contributed by atoms with Crippen molar-refractivity contribution < 1.29 is 19.1 Å². The summed E-state index contributed by atoms with van der Waals surface area (Å²) in [5.74, 6) is -1.05. The zero-order valence-corrected chi connectivity index (χ0v) is 16.5. The lowest BCUT2D eigenvalue weighted by molar-refractivity contribution is 0.0600. The van der Waals surface area contributed by atoms with Gasteiger partial charge in [0.2, 0.25) is 5.82 Å². The van der Waals surface area contributed by atoms with E-state index in [1.54, 1.807) is 51.9 Å². The van der Waals surface area contributed by atoms with Crippen LogP contribution in [-0.4, -0.2) is 52.3 Å². The fourth-order valence-corrected chi connectivity index (χ4v) is 3.04. The molecule has 0 unspecified atom stereocenters. The first kappa shape index (κ1) is 20.1. The Morgan fingerprint density at radius 2 is 1.86 bits per heavy atom. The number of ether oxygens (including phenoxy) is 1. The van der Waals surface area contributed by atoms with Gasteiger partial charge in [0.25, 0.3) is 11.8 Å². The molecule has 3 rings (SSSR count). The van der Waals surface area contributed by atoms with Gasteiger partial charge in [0.05, 0.1) is 18.2 Å². The SMILES string of the molecule is CCN(CC)C(=O)c1nc(C(=O)Nc2cccc(C(=O)OC)c2)c2ccccn12. The maximum Gasteiger partial charge on any atom is 0.337 e. The van der Waals surface area contributed by atoms with E-state index >= 15 is 0 Å². The molecule has 8 nitrogen and oxygen atoms in total. The molecule has 0 aliphatic heterocycles. The third kappa shape index (κ3) is 3.96. The average molecular weight is 394 g/mol. The zero-order valence-electron chi connectivity index (χ0n) is 16.5. The lowest BCUT2D eigenvalue weighted by atomic mass is 10.2. The molecule has 2 aromatic heterocycles. The standard InChI is InChI=1S/C21H22N4O4/c1-4-24(5-2)20(27)18-23-17(16-11-6-7-12-25(16)18)19(26)22-15-10-8-9-14(13-15)21(28)29-3/h6-13H,4-5H2,1-3H3,(H,22,26). The number of methoxy groups -OCH3 is 1. The van der Waals surface area contributed by atoms with Crippen LogP contribution in [0.2, 0.25) is 0 Å². The van der Waals surface area contributed by atoms with Gasteiger partial charge in [-0.1, -0.05) is 12.1 Å². The molecule has 0 spiro atoms. The molecule has 1 aromatic carbocycles. The Bertz CT molecular complexity index is 1070. The molecule has 29 heavy (non-hydrogen) atoms. The van der Waals surface area contributed by atoms with Crippen molar-refractivity contribution in [2.24, 2.45) is 0 Å². The number of nitrogens with one attached hydrogen (secondary N) is 1. The Labute approximate surface area is 168 Å². The summed E-state index contributed by atoms with van der Waals surface area (Å²) in [6.45, 7) is 4.86. The third-order valence-electron chi connectivity index (χ3n) is 4.55. The fourth-order valence-electron chi connectivity index (χ4n) is 3.04. The molecule has 0 aliphatic rings. The van der Waals surface area contributed by atoms with E-state index in [2.05, 4.69) is 10.3 Å². The molecule has 0 saturated heterocycles. The Balaban J connectivity index is 1.97. The first-order chi connectivity index (χ1) is 14.0. The van der Waals surface area contributed by atoms with Gasteiger partial charge in [0.15, 0.2) is 5.69 Å². The fraction of sp³-hybridized carbons (Fsp3) is 0.238. The number of benzene rings is 1. The van der Waals surface area contributed by atoms with Crippen LogP contribution in [0.1, 0.15) is 45.3 Å². The van der Waals surface area contributed by atoms with Gasteiger partial charge >= 0.3 is 5.97 Å². The van der Waals surface area contributed by atoms with E-state index in [4.69, 9.17) is 4.74 Å². The summed E-state index contributed by atoms with van der Waals surface area (Å²) < 4.78 is 6.31. The predicted molar refractivity (Wildman–Crippen MR) is 108 cm³/mol. The molecule has 3 aromatic rings. The number of imidazole rings is 1. The summed E-state index contributed by atoms with van der Waals surface area (Å²) in [7, 11) is 1.29. The molecule has 1 N–H and O–H groups in total. The largest absolute Gasteiger partial charge is 0.465 e. The van der Waals surface area contributed by atoms with Gasteiger partial charge in [-0.25, -0.2) is 9.78 Å². The topological polar surface area (TPSA) is 93.0 Å². The van der Waals surface area contributed by atoms with Gasteiger partial charge in [-0.05, 0) is 44.2 Å². The van der Waals surface area contributed by atoms with E-state index in [-0.39, 0.29) is 17.4 Å². The van der Waals surface area contributed by atoms with Gasteiger partial charge in [-0.3, -0.25) is 14.0 Å². The Kier molecular flexibility index (Phi) is 5.92. The molecular weight excluding hydrogens is 372 g/mol. The Morgan fingerprint density at radius 1 is 1.10 bits per heavy atom. The van der Waals surface area contributed by atoms with Crippen LogP contribution in [0.5, 0.6) is 0 Å². The normalized spacial score (nSPS) is 10.6.